The molecule has 0 aliphatic carbocycles. The lowest BCUT2D eigenvalue weighted by molar-refractivity contribution is -0.392. The smallest absolute Gasteiger partial charge is 0.198 e. The SMILES string of the molecule is CCCCCCCCC1(O)O[C@H](CO)[C@@H](O)[C@H](O)[C@]1(O)CCCCCCCC. The van der Waals surface area contributed by atoms with Crippen LogP contribution in [0.25, 0.3) is 0 Å². The molecule has 28 heavy (non-hydrogen) atoms. The molecule has 5 N–H and O–H groups in total. The summed E-state index contributed by atoms with van der Waals surface area (Å²) in [6.45, 7) is 3.78. The Balaban J connectivity index is 2.71. The van der Waals surface area contributed by atoms with Crippen molar-refractivity contribution in [2.75, 3.05) is 6.61 Å². The third-order valence-electron chi connectivity index (χ3n) is 6.18. The van der Waals surface area contributed by atoms with Gasteiger partial charge in [-0.25, -0.2) is 0 Å². The molecule has 1 aliphatic rings. The highest BCUT2D eigenvalue weighted by Gasteiger charge is 2.62. The molecule has 0 aromatic rings. The predicted molar refractivity (Wildman–Crippen MR) is 110 cm³/mol. The molecule has 0 aromatic carbocycles. The van der Waals surface area contributed by atoms with Gasteiger partial charge >= 0.3 is 0 Å². The van der Waals surface area contributed by atoms with Gasteiger partial charge in [-0.2, -0.15) is 0 Å². The summed E-state index contributed by atoms with van der Waals surface area (Å²) in [4.78, 5) is 0. The zero-order valence-corrected chi connectivity index (χ0v) is 18.0. The molecule has 1 aliphatic heterocycles. The van der Waals surface area contributed by atoms with Crippen molar-refractivity contribution in [1.29, 1.82) is 0 Å². The number of rotatable bonds is 15. The minimum atomic E-state index is -1.97. The molecule has 168 valence electrons. The Kier molecular flexibility index (Phi) is 12.1. The van der Waals surface area contributed by atoms with Crippen LogP contribution in [0.5, 0.6) is 0 Å². The first-order valence-electron chi connectivity index (χ1n) is 11.5. The van der Waals surface area contributed by atoms with Crippen LogP contribution in [0.4, 0.5) is 0 Å². The Morgan fingerprint density at radius 2 is 1.18 bits per heavy atom. The maximum Gasteiger partial charge on any atom is 0.198 e. The summed E-state index contributed by atoms with van der Waals surface area (Å²) >= 11 is 0. The zero-order valence-electron chi connectivity index (χ0n) is 18.0. The van der Waals surface area contributed by atoms with Gasteiger partial charge in [-0.05, 0) is 12.8 Å². The summed E-state index contributed by atoms with van der Waals surface area (Å²) in [5.41, 5.74) is -1.94. The van der Waals surface area contributed by atoms with E-state index in [-0.39, 0.29) is 12.8 Å². The second-order valence-corrected chi connectivity index (χ2v) is 8.52. The van der Waals surface area contributed by atoms with Crippen molar-refractivity contribution in [2.45, 2.75) is 133 Å². The van der Waals surface area contributed by atoms with Gasteiger partial charge in [0.25, 0.3) is 0 Å². The fourth-order valence-electron chi connectivity index (χ4n) is 4.22. The molecule has 0 radical (unpaired) electrons. The third-order valence-corrected chi connectivity index (χ3v) is 6.18. The first kappa shape index (κ1) is 25.8. The fraction of sp³-hybridized carbons (Fsp3) is 1.00. The summed E-state index contributed by atoms with van der Waals surface area (Å²) < 4.78 is 5.59. The van der Waals surface area contributed by atoms with Crippen LogP contribution in [0.15, 0.2) is 0 Å². The number of hydrogen-bond donors (Lipinski definition) is 5. The number of unbranched alkanes of at least 4 members (excludes halogenated alkanes) is 10. The molecule has 1 saturated heterocycles. The van der Waals surface area contributed by atoms with Crippen LogP contribution >= 0.6 is 0 Å². The van der Waals surface area contributed by atoms with Crippen molar-refractivity contribution in [3.8, 4) is 0 Å². The van der Waals surface area contributed by atoms with Gasteiger partial charge < -0.3 is 30.3 Å². The van der Waals surface area contributed by atoms with Crippen LogP contribution < -0.4 is 0 Å². The molecule has 0 bridgehead atoms. The highest BCUT2D eigenvalue weighted by atomic mass is 16.7. The van der Waals surface area contributed by atoms with E-state index < -0.39 is 36.3 Å². The largest absolute Gasteiger partial charge is 0.394 e. The quantitative estimate of drug-likeness (QED) is 0.268. The van der Waals surface area contributed by atoms with Crippen LogP contribution in [-0.2, 0) is 4.74 Å². The minimum Gasteiger partial charge on any atom is -0.394 e. The number of aliphatic hydroxyl groups excluding tert-OH is 3. The van der Waals surface area contributed by atoms with Gasteiger partial charge in [0.1, 0.15) is 23.9 Å². The normalized spacial score (nSPS) is 33.3. The van der Waals surface area contributed by atoms with E-state index in [1.54, 1.807) is 0 Å². The molecule has 1 unspecified atom stereocenters. The van der Waals surface area contributed by atoms with Gasteiger partial charge in [0, 0.05) is 6.42 Å². The van der Waals surface area contributed by atoms with Crippen molar-refractivity contribution in [1.82, 2.24) is 0 Å². The predicted octanol–water partition coefficient (Wildman–Crippen LogP) is 3.02. The lowest BCUT2D eigenvalue weighted by Crippen LogP contribution is -2.73. The molecule has 0 saturated carbocycles. The molecule has 0 amide bonds. The van der Waals surface area contributed by atoms with Crippen molar-refractivity contribution < 1.29 is 30.3 Å². The van der Waals surface area contributed by atoms with Crippen LogP contribution in [0, 0.1) is 0 Å². The third kappa shape index (κ3) is 6.92. The zero-order chi connectivity index (χ0) is 21.0. The Bertz CT molecular complexity index is 406. The lowest BCUT2D eigenvalue weighted by atomic mass is 9.74. The van der Waals surface area contributed by atoms with Crippen molar-refractivity contribution in [3.63, 3.8) is 0 Å². The van der Waals surface area contributed by atoms with Gasteiger partial charge in [-0.15, -0.1) is 0 Å². The molecule has 0 spiro atoms. The molecule has 0 aromatic heterocycles. The highest BCUT2D eigenvalue weighted by Crippen LogP contribution is 2.43. The van der Waals surface area contributed by atoms with Gasteiger partial charge in [-0.3, -0.25) is 0 Å². The van der Waals surface area contributed by atoms with E-state index in [2.05, 4.69) is 13.8 Å². The molecule has 1 heterocycles. The van der Waals surface area contributed by atoms with Crippen LogP contribution in [0.3, 0.4) is 0 Å². The topological polar surface area (TPSA) is 110 Å². The average Bonchev–Trinajstić information content (AvgIpc) is 2.69. The molecule has 1 rings (SSSR count). The highest BCUT2D eigenvalue weighted by molar-refractivity contribution is 5.07. The van der Waals surface area contributed by atoms with Crippen molar-refractivity contribution >= 4 is 0 Å². The summed E-state index contributed by atoms with van der Waals surface area (Å²) in [5.74, 6) is -1.97. The van der Waals surface area contributed by atoms with Gasteiger partial charge in [-0.1, -0.05) is 84.5 Å². The maximum absolute atomic E-state index is 11.2. The second kappa shape index (κ2) is 13.1. The molecule has 5 atom stereocenters. The van der Waals surface area contributed by atoms with Crippen molar-refractivity contribution in [2.24, 2.45) is 0 Å². The minimum absolute atomic E-state index is 0.155. The first-order valence-corrected chi connectivity index (χ1v) is 11.5. The van der Waals surface area contributed by atoms with E-state index in [0.29, 0.717) is 12.8 Å². The van der Waals surface area contributed by atoms with E-state index in [9.17, 15) is 25.5 Å². The van der Waals surface area contributed by atoms with Gasteiger partial charge in [0.05, 0.1) is 6.61 Å². The van der Waals surface area contributed by atoms with E-state index in [0.717, 1.165) is 51.4 Å². The Labute approximate surface area is 170 Å². The summed E-state index contributed by atoms with van der Waals surface area (Å²) in [6, 6.07) is 0. The molecule has 1 fully saturated rings. The fourth-order valence-corrected chi connectivity index (χ4v) is 4.22. The summed E-state index contributed by atoms with van der Waals surface area (Å²) in [7, 11) is 0. The Morgan fingerprint density at radius 1 is 0.714 bits per heavy atom. The van der Waals surface area contributed by atoms with Gasteiger partial charge in [0.2, 0.25) is 0 Å². The maximum atomic E-state index is 11.2. The Morgan fingerprint density at radius 3 is 1.68 bits per heavy atom. The van der Waals surface area contributed by atoms with Crippen molar-refractivity contribution in [3.05, 3.63) is 0 Å². The van der Waals surface area contributed by atoms with E-state index in [1.165, 1.54) is 12.8 Å². The van der Waals surface area contributed by atoms with E-state index >= 15 is 0 Å². The van der Waals surface area contributed by atoms with E-state index in [4.69, 9.17) is 4.74 Å². The van der Waals surface area contributed by atoms with Gasteiger partial charge in [0.15, 0.2) is 5.79 Å². The number of ether oxygens (including phenoxy) is 1. The Hall–Kier alpha value is -0.240. The van der Waals surface area contributed by atoms with E-state index in [1.807, 2.05) is 0 Å². The lowest BCUT2D eigenvalue weighted by Gasteiger charge is -2.53. The summed E-state index contributed by atoms with van der Waals surface area (Å²) in [5, 5.41) is 52.7. The average molecular weight is 405 g/mol. The molecule has 6 nitrogen and oxygen atoms in total. The monoisotopic (exact) mass is 404 g/mol. The number of aliphatic hydroxyl groups is 5. The van der Waals surface area contributed by atoms with Crippen LogP contribution in [-0.4, -0.2) is 61.8 Å². The molecular weight excluding hydrogens is 360 g/mol. The molecule has 6 heteroatoms. The number of hydrogen-bond acceptors (Lipinski definition) is 6. The summed E-state index contributed by atoms with van der Waals surface area (Å²) in [6.07, 6.45) is 8.35. The first-order chi connectivity index (χ1) is 13.4. The second-order valence-electron chi connectivity index (χ2n) is 8.52. The molecular formula is C22H44O6. The van der Waals surface area contributed by atoms with Crippen LogP contribution in [0.2, 0.25) is 0 Å². The standard InChI is InChI=1S/C22H44O6/c1-3-5-7-9-11-13-15-21(26)20(25)19(24)18(17-23)28-22(21,27)16-14-12-10-8-6-4-2/h18-20,23-27H,3-17H2,1-2H3/t18-,19-,20+,21-,22?/m1/s1. The van der Waals surface area contributed by atoms with Crippen LogP contribution in [0.1, 0.15) is 104 Å².